The quantitative estimate of drug-likeness (QED) is 0.723. The highest BCUT2D eigenvalue weighted by atomic mass is 16.2. The summed E-state index contributed by atoms with van der Waals surface area (Å²) in [6, 6.07) is 7.76. The fraction of sp³-hybridized carbons (Fsp3) is 0.654. The fourth-order valence-electron chi connectivity index (χ4n) is 7.07. The van der Waals surface area contributed by atoms with E-state index in [4.69, 9.17) is 5.10 Å². The monoisotopic (exact) mass is 434 g/mol. The van der Waals surface area contributed by atoms with Crippen molar-refractivity contribution in [1.29, 1.82) is 0 Å². The van der Waals surface area contributed by atoms with Crippen LogP contribution in [0.1, 0.15) is 76.2 Å². The largest absolute Gasteiger partial charge is 0.325 e. The van der Waals surface area contributed by atoms with Crippen LogP contribution >= 0.6 is 0 Å². The van der Waals surface area contributed by atoms with Crippen molar-refractivity contribution < 1.29 is 9.59 Å². The van der Waals surface area contributed by atoms with E-state index in [1.165, 1.54) is 51.4 Å². The van der Waals surface area contributed by atoms with E-state index in [0.717, 1.165) is 24.1 Å². The van der Waals surface area contributed by atoms with Gasteiger partial charge < -0.3 is 5.32 Å². The summed E-state index contributed by atoms with van der Waals surface area (Å²) >= 11 is 0. The van der Waals surface area contributed by atoms with Gasteiger partial charge in [-0.1, -0.05) is 56.7 Å². The minimum Gasteiger partial charge on any atom is -0.325 e. The minimum atomic E-state index is -0.608. The molecule has 1 aromatic rings. The molecular weight excluding hydrogens is 400 g/mol. The first-order valence-electron chi connectivity index (χ1n) is 12.7. The Kier molecular flexibility index (Phi) is 5.09. The van der Waals surface area contributed by atoms with Crippen LogP contribution < -0.4 is 5.32 Å². The highest BCUT2D eigenvalue weighted by Gasteiger charge is 2.63. The van der Waals surface area contributed by atoms with Crippen LogP contribution in [-0.2, 0) is 15.0 Å². The van der Waals surface area contributed by atoms with Crippen LogP contribution in [0.4, 0.5) is 5.69 Å². The van der Waals surface area contributed by atoms with Crippen LogP contribution in [0, 0.1) is 11.8 Å². The van der Waals surface area contributed by atoms with Gasteiger partial charge in [-0.2, -0.15) is 5.10 Å². The van der Waals surface area contributed by atoms with Crippen molar-refractivity contribution in [2.24, 2.45) is 16.9 Å². The molecule has 6 nitrogen and oxygen atoms in total. The number of hydrazone groups is 1. The Morgan fingerprint density at radius 3 is 2.47 bits per heavy atom. The molecular formula is C26H34N4O2. The number of hydrogen-bond donors (Lipinski definition) is 1. The average Bonchev–Trinajstić information content (AvgIpc) is 3.44. The number of carbonyl (C=O) groups excluding carboxylic acids is 2. The molecule has 6 rings (SSSR count). The Balaban J connectivity index is 1.32. The van der Waals surface area contributed by atoms with Gasteiger partial charge in [0, 0.05) is 18.4 Å². The summed E-state index contributed by atoms with van der Waals surface area (Å²) in [4.78, 5) is 29.3. The lowest BCUT2D eigenvalue weighted by Gasteiger charge is -2.37. The number of anilines is 1. The van der Waals surface area contributed by atoms with E-state index in [2.05, 4.69) is 22.5 Å². The zero-order valence-corrected chi connectivity index (χ0v) is 18.8. The van der Waals surface area contributed by atoms with Crippen LogP contribution in [0.3, 0.4) is 0 Å². The number of benzene rings is 1. The molecule has 0 bridgehead atoms. The van der Waals surface area contributed by atoms with Crippen LogP contribution in [0.2, 0.25) is 0 Å². The van der Waals surface area contributed by atoms with E-state index in [0.29, 0.717) is 24.8 Å². The van der Waals surface area contributed by atoms with E-state index in [9.17, 15) is 9.59 Å². The normalized spacial score (nSPS) is 33.9. The molecule has 6 heteroatoms. The molecule has 3 atom stereocenters. The van der Waals surface area contributed by atoms with Crippen LogP contribution in [0.25, 0.3) is 0 Å². The molecule has 5 aliphatic rings. The molecule has 2 saturated heterocycles. The van der Waals surface area contributed by atoms with Gasteiger partial charge in [-0.05, 0) is 55.6 Å². The molecule has 2 amide bonds. The summed E-state index contributed by atoms with van der Waals surface area (Å²) in [5.74, 6) is 1.09. The second-order valence-electron chi connectivity index (χ2n) is 10.6. The maximum absolute atomic E-state index is 13.7. The number of amides is 2. The van der Waals surface area contributed by atoms with Gasteiger partial charge in [0.1, 0.15) is 6.17 Å². The van der Waals surface area contributed by atoms with E-state index >= 15 is 0 Å². The standard InChI is InChI=1S/C26H34N4O2/c31-24-22-15-26(20-13-7-8-14-21(20)28-25(26)32)17-29(22)23(19-11-5-2-6-12-19)30(24)27-16-18-9-3-1-4-10-18/h7-8,13-14,16,18-19,22-23H,1-6,9-12,15,17H2,(H,28,32)/b27-16+/t22-,23+,26+/m0/s1. The molecule has 2 saturated carbocycles. The summed E-state index contributed by atoms with van der Waals surface area (Å²) in [5, 5.41) is 9.78. The lowest BCUT2D eigenvalue weighted by molar-refractivity contribution is -0.131. The number of nitrogens with zero attached hydrogens (tertiary/aromatic N) is 3. The predicted molar refractivity (Wildman–Crippen MR) is 124 cm³/mol. The lowest BCUT2D eigenvalue weighted by atomic mass is 9.79. The third-order valence-electron chi connectivity index (χ3n) is 8.74. The SMILES string of the molecule is O=C1[C@@H]2C[C@]3(CN2[C@@H](C2CCCCC2)N1/N=C/C1CCCCC1)C(=O)Nc1ccccc13. The number of hydrogen-bond acceptors (Lipinski definition) is 4. The molecule has 32 heavy (non-hydrogen) atoms. The Hall–Kier alpha value is -2.21. The van der Waals surface area contributed by atoms with Gasteiger partial charge in [-0.15, -0.1) is 0 Å². The van der Waals surface area contributed by atoms with Gasteiger partial charge in [0.2, 0.25) is 5.91 Å². The summed E-state index contributed by atoms with van der Waals surface area (Å²) < 4.78 is 0. The van der Waals surface area contributed by atoms with Crippen molar-refractivity contribution in [3.8, 4) is 0 Å². The van der Waals surface area contributed by atoms with Crippen molar-refractivity contribution in [3.05, 3.63) is 29.8 Å². The molecule has 4 fully saturated rings. The van der Waals surface area contributed by atoms with E-state index < -0.39 is 5.41 Å². The Morgan fingerprint density at radius 2 is 1.69 bits per heavy atom. The van der Waals surface area contributed by atoms with Gasteiger partial charge >= 0.3 is 0 Å². The summed E-state index contributed by atoms with van der Waals surface area (Å²) in [5.41, 5.74) is 1.36. The number of carbonyl (C=O) groups is 2. The number of nitrogens with one attached hydrogen (secondary N) is 1. The molecule has 0 unspecified atom stereocenters. The summed E-state index contributed by atoms with van der Waals surface area (Å²) in [6.07, 6.45) is 14.9. The smallest absolute Gasteiger partial charge is 0.261 e. The molecule has 3 aliphatic heterocycles. The van der Waals surface area contributed by atoms with E-state index in [1.807, 2.05) is 23.2 Å². The lowest BCUT2D eigenvalue weighted by Crippen LogP contribution is -2.47. The molecule has 0 aromatic heterocycles. The van der Waals surface area contributed by atoms with Crippen LogP contribution in [-0.4, -0.2) is 46.7 Å². The van der Waals surface area contributed by atoms with Crippen molar-refractivity contribution >= 4 is 23.7 Å². The van der Waals surface area contributed by atoms with Gasteiger partial charge in [0.05, 0.1) is 11.5 Å². The topological polar surface area (TPSA) is 65.0 Å². The fourth-order valence-corrected chi connectivity index (χ4v) is 7.07. The van der Waals surface area contributed by atoms with Crippen molar-refractivity contribution in [1.82, 2.24) is 9.91 Å². The Bertz CT molecular complexity index is 934. The molecule has 1 N–H and O–H groups in total. The molecule has 1 aromatic carbocycles. The van der Waals surface area contributed by atoms with Gasteiger partial charge in [0.15, 0.2) is 0 Å². The number of rotatable bonds is 3. The second kappa shape index (κ2) is 7.98. The maximum atomic E-state index is 13.7. The highest BCUT2D eigenvalue weighted by molar-refractivity contribution is 6.07. The molecule has 1 spiro atoms. The summed E-state index contributed by atoms with van der Waals surface area (Å²) in [7, 11) is 0. The van der Waals surface area contributed by atoms with Crippen molar-refractivity contribution in [3.63, 3.8) is 0 Å². The third kappa shape index (κ3) is 3.13. The van der Waals surface area contributed by atoms with E-state index in [-0.39, 0.29) is 24.0 Å². The molecule has 2 aliphatic carbocycles. The van der Waals surface area contributed by atoms with Gasteiger partial charge in [-0.25, -0.2) is 5.01 Å². The predicted octanol–water partition coefficient (Wildman–Crippen LogP) is 4.27. The van der Waals surface area contributed by atoms with Gasteiger partial charge in [-0.3, -0.25) is 14.5 Å². The average molecular weight is 435 g/mol. The van der Waals surface area contributed by atoms with Crippen molar-refractivity contribution in [2.75, 3.05) is 11.9 Å². The first-order chi connectivity index (χ1) is 15.7. The zero-order chi connectivity index (χ0) is 21.7. The minimum absolute atomic E-state index is 0.00687. The van der Waals surface area contributed by atoms with E-state index in [1.54, 1.807) is 0 Å². The third-order valence-corrected chi connectivity index (χ3v) is 8.74. The van der Waals surface area contributed by atoms with Gasteiger partial charge in [0.25, 0.3) is 5.91 Å². The highest BCUT2D eigenvalue weighted by Crippen LogP contribution is 2.51. The first kappa shape index (κ1) is 20.4. The van der Waals surface area contributed by atoms with Crippen molar-refractivity contribution in [2.45, 2.75) is 88.3 Å². The molecule has 170 valence electrons. The second-order valence-corrected chi connectivity index (χ2v) is 10.6. The Morgan fingerprint density at radius 1 is 0.969 bits per heavy atom. The Labute approximate surface area is 190 Å². The first-order valence-corrected chi connectivity index (χ1v) is 12.7. The van der Waals surface area contributed by atoms with Crippen LogP contribution in [0.15, 0.2) is 29.4 Å². The number of fused-ring (bicyclic) bond motifs is 3. The van der Waals surface area contributed by atoms with Crippen LogP contribution in [0.5, 0.6) is 0 Å². The molecule has 3 heterocycles. The maximum Gasteiger partial charge on any atom is 0.261 e. The summed E-state index contributed by atoms with van der Waals surface area (Å²) in [6.45, 7) is 0.614. The molecule has 0 radical (unpaired) electrons. The zero-order valence-electron chi connectivity index (χ0n) is 18.8. The number of para-hydroxylation sites is 1.